The first kappa shape index (κ1) is 18.9. The number of nitrogens with one attached hydrogen (secondary N) is 1. The van der Waals surface area contributed by atoms with Gasteiger partial charge in [-0.2, -0.15) is 0 Å². The third-order valence-corrected chi connectivity index (χ3v) is 5.71. The summed E-state index contributed by atoms with van der Waals surface area (Å²) in [4.78, 5) is 26.1. The predicted octanol–water partition coefficient (Wildman–Crippen LogP) is 1.27. The summed E-state index contributed by atoms with van der Waals surface area (Å²) in [6, 6.07) is 8.23. The molecule has 26 heavy (non-hydrogen) atoms. The van der Waals surface area contributed by atoms with Crippen molar-refractivity contribution in [3.8, 4) is 0 Å². The Morgan fingerprint density at radius 1 is 1.19 bits per heavy atom. The van der Waals surface area contributed by atoms with E-state index in [-0.39, 0.29) is 17.7 Å². The van der Waals surface area contributed by atoms with Crippen LogP contribution in [0.5, 0.6) is 0 Å². The molecule has 1 aromatic carbocycles. The molecule has 1 aromatic rings. The highest BCUT2D eigenvalue weighted by Crippen LogP contribution is 2.27. The van der Waals surface area contributed by atoms with Crippen molar-refractivity contribution >= 4 is 11.8 Å². The first-order valence-electron chi connectivity index (χ1n) is 9.63. The molecule has 142 valence electrons. The van der Waals surface area contributed by atoms with Gasteiger partial charge in [-0.3, -0.25) is 14.5 Å². The second-order valence-corrected chi connectivity index (χ2v) is 7.84. The van der Waals surface area contributed by atoms with Crippen LogP contribution in [0.15, 0.2) is 24.3 Å². The second-order valence-electron chi connectivity index (χ2n) is 7.84. The number of carbonyl (C=O) groups excluding carboxylic acids is 2. The molecule has 0 spiro atoms. The van der Waals surface area contributed by atoms with E-state index >= 15 is 0 Å². The topological polar surface area (TPSA) is 101 Å². The van der Waals surface area contributed by atoms with Gasteiger partial charge in [-0.1, -0.05) is 37.1 Å². The van der Waals surface area contributed by atoms with E-state index in [4.69, 9.17) is 11.5 Å². The number of rotatable bonds is 6. The molecule has 2 aliphatic rings. The molecule has 3 rings (SSSR count). The lowest BCUT2D eigenvalue weighted by atomic mass is 9.97. The lowest BCUT2D eigenvalue weighted by molar-refractivity contribution is -0.126. The number of hydrogen-bond acceptors (Lipinski definition) is 4. The predicted molar refractivity (Wildman–Crippen MR) is 101 cm³/mol. The number of piperidine rings is 1. The van der Waals surface area contributed by atoms with Crippen LogP contribution in [0.3, 0.4) is 0 Å². The highest BCUT2D eigenvalue weighted by molar-refractivity contribution is 5.86. The van der Waals surface area contributed by atoms with Crippen LogP contribution in [0.2, 0.25) is 0 Å². The fraction of sp³-hybridized carbons (Fsp3) is 0.600. The number of benzene rings is 1. The van der Waals surface area contributed by atoms with E-state index in [0.29, 0.717) is 6.54 Å². The van der Waals surface area contributed by atoms with Gasteiger partial charge >= 0.3 is 0 Å². The van der Waals surface area contributed by atoms with Crippen LogP contribution >= 0.6 is 0 Å². The Morgan fingerprint density at radius 2 is 1.92 bits per heavy atom. The summed E-state index contributed by atoms with van der Waals surface area (Å²) in [6.07, 6.45) is 5.49. The molecule has 6 nitrogen and oxygen atoms in total. The summed E-state index contributed by atoms with van der Waals surface area (Å²) < 4.78 is 0. The van der Waals surface area contributed by atoms with Gasteiger partial charge in [-0.05, 0) is 43.4 Å². The third kappa shape index (κ3) is 4.62. The van der Waals surface area contributed by atoms with E-state index in [1.807, 2.05) is 12.1 Å². The van der Waals surface area contributed by atoms with Crippen LogP contribution < -0.4 is 16.8 Å². The molecule has 2 fully saturated rings. The maximum atomic E-state index is 12.4. The Hall–Kier alpha value is -1.92. The van der Waals surface area contributed by atoms with Gasteiger partial charge in [0.1, 0.15) is 0 Å². The number of primary amides is 1. The van der Waals surface area contributed by atoms with E-state index < -0.39 is 5.54 Å². The monoisotopic (exact) mass is 358 g/mol. The van der Waals surface area contributed by atoms with Gasteiger partial charge in [0.05, 0.1) is 11.5 Å². The summed E-state index contributed by atoms with van der Waals surface area (Å²) in [7, 11) is 0. The molecule has 1 saturated carbocycles. The number of nitrogens with two attached hydrogens (primary N) is 2. The van der Waals surface area contributed by atoms with Crippen molar-refractivity contribution in [2.24, 2.45) is 17.4 Å². The largest absolute Gasteiger partial charge is 0.369 e. The van der Waals surface area contributed by atoms with Crippen LogP contribution in [-0.4, -0.2) is 35.3 Å². The molecule has 1 heterocycles. The standard InChI is InChI=1S/C20H30N4O2/c21-18(25)17-7-4-10-24(14-17)13-16-6-3-5-15(11-16)12-23-19(26)20(22)8-1-2-9-20/h3,5-6,11,17H,1-2,4,7-10,12-14,22H2,(H2,21,25)(H,23,26). The van der Waals surface area contributed by atoms with Crippen molar-refractivity contribution in [3.05, 3.63) is 35.4 Å². The zero-order valence-electron chi connectivity index (χ0n) is 15.4. The number of hydrogen-bond donors (Lipinski definition) is 3. The molecule has 0 radical (unpaired) electrons. The van der Waals surface area contributed by atoms with Crippen molar-refractivity contribution in [1.29, 1.82) is 0 Å². The summed E-state index contributed by atoms with van der Waals surface area (Å²) >= 11 is 0. The van der Waals surface area contributed by atoms with E-state index in [0.717, 1.165) is 63.7 Å². The molecule has 0 bridgehead atoms. The molecule has 5 N–H and O–H groups in total. The van der Waals surface area contributed by atoms with Gasteiger partial charge < -0.3 is 16.8 Å². The molecule has 2 amide bonds. The van der Waals surface area contributed by atoms with Gasteiger partial charge in [-0.25, -0.2) is 0 Å². The van der Waals surface area contributed by atoms with Crippen LogP contribution in [0.4, 0.5) is 0 Å². The Balaban J connectivity index is 1.54. The molecule has 0 aromatic heterocycles. The molecule has 1 aliphatic heterocycles. The molecule has 1 aliphatic carbocycles. The Bertz CT molecular complexity index is 655. The van der Waals surface area contributed by atoms with Crippen molar-refractivity contribution in [3.63, 3.8) is 0 Å². The number of amides is 2. The van der Waals surface area contributed by atoms with Gasteiger partial charge in [0.2, 0.25) is 11.8 Å². The maximum absolute atomic E-state index is 12.4. The smallest absolute Gasteiger partial charge is 0.240 e. The third-order valence-electron chi connectivity index (χ3n) is 5.71. The fourth-order valence-corrected chi connectivity index (χ4v) is 4.12. The highest BCUT2D eigenvalue weighted by atomic mass is 16.2. The van der Waals surface area contributed by atoms with Gasteiger partial charge in [0.25, 0.3) is 0 Å². The van der Waals surface area contributed by atoms with Crippen LogP contribution in [-0.2, 0) is 22.7 Å². The fourth-order valence-electron chi connectivity index (χ4n) is 4.12. The first-order valence-corrected chi connectivity index (χ1v) is 9.63. The highest BCUT2D eigenvalue weighted by Gasteiger charge is 2.36. The lowest BCUT2D eigenvalue weighted by Gasteiger charge is -2.31. The zero-order chi connectivity index (χ0) is 18.6. The Morgan fingerprint density at radius 3 is 2.65 bits per heavy atom. The maximum Gasteiger partial charge on any atom is 0.240 e. The number of likely N-dealkylation sites (tertiary alicyclic amines) is 1. The van der Waals surface area contributed by atoms with Crippen LogP contribution in [0, 0.1) is 5.92 Å². The molecular weight excluding hydrogens is 328 g/mol. The summed E-state index contributed by atoms with van der Waals surface area (Å²) in [6.45, 7) is 3.01. The van der Waals surface area contributed by atoms with E-state index in [2.05, 4.69) is 22.3 Å². The summed E-state index contributed by atoms with van der Waals surface area (Å²) in [5.41, 5.74) is 13.2. The van der Waals surface area contributed by atoms with Gasteiger partial charge in [0.15, 0.2) is 0 Å². The normalized spacial score (nSPS) is 22.9. The SMILES string of the molecule is NC(=O)C1CCCN(Cc2cccc(CNC(=O)C3(N)CCCC3)c2)C1. The van der Waals surface area contributed by atoms with Crippen molar-refractivity contribution in [2.45, 2.75) is 57.2 Å². The minimum absolute atomic E-state index is 0.0410. The van der Waals surface area contributed by atoms with Crippen molar-refractivity contribution in [2.75, 3.05) is 13.1 Å². The van der Waals surface area contributed by atoms with Crippen LogP contribution in [0.1, 0.15) is 49.7 Å². The zero-order valence-corrected chi connectivity index (χ0v) is 15.4. The van der Waals surface area contributed by atoms with E-state index in [1.165, 1.54) is 5.56 Å². The van der Waals surface area contributed by atoms with Crippen molar-refractivity contribution in [1.82, 2.24) is 10.2 Å². The minimum atomic E-state index is -0.685. The van der Waals surface area contributed by atoms with E-state index in [1.54, 1.807) is 0 Å². The summed E-state index contributed by atoms with van der Waals surface area (Å²) in [5.74, 6) is -0.284. The lowest BCUT2D eigenvalue weighted by Crippen LogP contribution is -2.51. The van der Waals surface area contributed by atoms with Crippen molar-refractivity contribution < 1.29 is 9.59 Å². The number of carbonyl (C=O) groups is 2. The Kier molecular flexibility index (Phi) is 5.94. The second kappa shape index (κ2) is 8.18. The molecule has 1 saturated heterocycles. The quantitative estimate of drug-likeness (QED) is 0.713. The van der Waals surface area contributed by atoms with E-state index in [9.17, 15) is 9.59 Å². The molecule has 1 unspecified atom stereocenters. The summed E-state index contributed by atoms with van der Waals surface area (Å²) in [5, 5.41) is 3.00. The van der Waals surface area contributed by atoms with Gasteiger partial charge in [0, 0.05) is 19.6 Å². The minimum Gasteiger partial charge on any atom is -0.369 e. The van der Waals surface area contributed by atoms with Gasteiger partial charge in [-0.15, -0.1) is 0 Å². The molecule has 6 heteroatoms. The van der Waals surface area contributed by atoms with Crippen LogP contribution in [0.25, 0.3) is 0 Å². The first-order chi connectivity index (χ1) is 12.5. The average molecular weight is 358 g/mol. The number of nitrogens with zero attached hydrogens (tertiary/aromatic N) is 1. The molecule has 1 atom stereocenters. The average Bonchev–Trinajstić information content (AvgIpc) is 3.08. The Labute approximate surface area is 155 Å². The molecular formula is C20H30N4O2.